The largest absolute Gasteiger partial charge is 0.313 e. The summed E-state index contributed by atoms with van der Waals surface area (Å²) in [6.45, 7) is 3.96. The first-order valence-corrected chi connectivity index (χ1v) is 12.1. The van der Waals surface area contributed by atoms with E-state index in [2.05, 4.69) is 11.2 Å². The van der Waals surface area contributed by atoms with Gasteiger partial charge in [-0.05, 0) is 54.6 Å². The second-order valence-corrected chi connectivity index (χ2v) is 10.6. The van der Waals surface area contributed by atoms with E-state index in [1.807, 2.05) is 30.5 Å². The van der Waals surface area contributed by atoms with Crippen molar-refractivity contribution in [2.75, 3.05) is 0 Å². The normalized spacial score (nSPS) is 12.3. The molecule has 34 heavy (non-hydrogen) atoms. The molecule has 0 fully saturated rings. The molecule has 2 aromatic heterocycles. The Morgan fingerprint density at radius 1 is 0.971 bits per heavy atom. The van der Waals surface area contributed by atoms with E-state index >= 15 is 0 Å². The fourth-order valence-corrected chi connectivity index (χ4v) is 5.53. The monoisotopic (exact) mass is 472 g/mol. The molecule has 0 unspecified atom stereocenters. The van der Waals surface area contributed by atoms with E-state index in [9.17, 15) is 18.1 Å². The number of hydrogen-bond donors (Lipinski definition) is 0. The van der Waals surface area contributed by atoms with Gasteiger partial charge in [0.05, 0.1) is 28.2 Å². The summed E-state index contributed by atoms with van der Waals surface area (Å²) in [6, 6.07) is 22.2. The standard InChI is InChI=1S/C26H21FN4O2S/c1-26(2,12-13-28)25-16-18-14-24-19(15-23(18)30(25)21-10-8-20(27)9-11-21)17-29-31(24)34(32,33)22-6-4-3-5-7-22/h3-11,14-17H,12H2,1-2H3. The number of benzene rings is 3. The van der Waals surface area contributed by atoms with Gasteiger partial charge in [-0.3, -0.25) is 0 Å². The van der Waals surface area contributed by atoms with Crippen molar-refractivity contribution in [3.8, 4) is 11.8 Å². The summed E-state index contributed by atoms with van der Waals surface area (Å²) in [5, 5.41) is 15.0. The Labute approximate surface area is 196 Å². The molecule has 170 valence electrons. The van der Waals surface area contributed by atoms with Crippen LogP contribution in [0, 0.1) is 17.1 Å². The third kappa shape index (κ3) is 3.45. The number of fused-ring (bicyclic) bond motifs is 2. The Kier molecular flexibility index (Phi) is 5.03. The van der Waals surface area contributed by atoms with Gasteiger partial charge >= 0.3 is 0 Å². The second kappa shape index (κ2) is 7.82. The lowest BCUT2D eigenvalue weighted by Gasteiger charge is -2.24. The molecule has 0 amide bonds. The van der Waals surface area contributed by atoms with Gasteiger partial charge in [-0.15, -0.1) is 0 Å². The van der Waals surface area contributed by atoms with E-state index < -0.39 is 15.4 Å². The van der Waals surface area contributed by atoms with Gasteiger partial charge in [0.1, 0.15) is 5.82 Å². The van der Waals surface area contributed by atoms with E-state index in [1.165, 1.54) is 30.5 Å². The average molecular weight is 473 g/mol. The molecular formula is C26H21FN4O2S. The van der Waals surface area contributed by atoms with Crippen LogP contribution in [0.4, 0.5) is 4.39 Å². The Morgan fingerprint density at radius 2 is 1.65 bits per heavy atom. The minimum atomic E-state index is -3.87. The quantitative estimate of drug-likeness (QED) is 0.336. The van der Waals surface area contributed by atoms with Crippen molar-refractivity contribution in [3.05, 3.63) is 90.5 Å². The topological polar surface area (TPSA) is 80.7 Å². The summed E-state index contributed by atoms with van der Waals surface area (Å²) in [5.41, 5.74) is 2.39. The van der Waals surface area contributed by atoms with Crippen molar-refractivity contribution >= 4 is 31.8 Å². The lowest BCUT2D eigenvalue weighted by molar-refractivity contribution is 0.514. The summed E-state index contributed by atoms with van der Waals surface area (Å²) in [7, 11) is -3.87. The zero-order chi connectivity index (χ0) is 24.1. The molecule has 0 radical (unpaired) electrons. The van der Waals surface area contributed by atoms with Crippen molar-refractivity contribution < 1.29 is 12.8 Å². The van der Waals surface area contributed by atoms with E-state index in [0.717, 1.165) is 26.4 Å². The molecule has 8 heteroatoms. The van der Waals surface area contributed by atoms with Gasteiger partial charge in [-0.2, -0.15) is 22.9 Å². The first kappa shape index (κ1) is 21.9. The molecule has 0 aliphatic carbocycles. The van der Waals surface area contributed by atoms with Crippen LogP contribution in [0.25, 0.3) is 27.5 Å². The lowest BCUT2D eigenvalue weighted by Crippen LogP contribution is -2.20. The van der Waals surface area contributed by atoms with Crippen LogP contribution in [0.3, 0.4) is 0 Å². The smallest absolute Gasteiger partial charge is 0.283 e. The van der Waals surface area contributed by atoms with Crippen molar-refractivity contribution in [2.45, 2.75) is 30.6 Å². The highest BCUT2D eigenvalue weighted by Crippen LogP contribution is 2.36. The van der Waals surface area contributed by atoms with Crippen LogP contribution in [0.15, 0.2) is 83.9 Å². The summed E-state index contributed by atoms with van der Waals surface area (Å²) in [4.78, 5) is 0.153. The predicted molar refractivity (Wildman–Crippen MR) is 129 cm³/mol. The molecular weight excluding hydrogens is 451 g/mol. The highest BCUT2D eigenvalue weighted by atomic mass is 32.2. The fraction of sp³-hybridized carbons (Fsp3) is 0.154. The number of aromatic nitrogens is 3. The molecule has 0 atom stereocenters. The van der Waals surface area contributed by atoms with Gasteiger partial charge < -0.3 is 4.57 Å². The molecule has 3 aromatic carbocycles. The van der Waals surface area contributed by atoms with Crippen LogP contribution in [0.1, 0.15) is 26.0 Å². The maximum absolute atomic E-state index is 13.6. The summed E-state index contributed by atoms with van der Waals surface area (Å²) >= 11 is 0. The Morgan fingerprint density at radius 3 is 2.32 bits per heavy atom. The molecule has 2 heterocycles. The van der Waals surface area contributed by atoms with Gasteiger partial charge in [0.15, 0.2) is 0 Å². The van der Waals surface area contributed by atoms with Crippen LogP contribution in [0.5, 0.6) is 0 Å². The van der Waals surface area contributed by atoms with E-state index in [1.54, 1.807) is 36.4 Å². The van der Waals surface area contributed by atoms with Crippen LogP contribution in [-0.4, -0.2) is 22.2 Å². The number of nitriles is 1. The molecule has 0 aliphatic rings. The fourth-order valence-electron chi connectivity index (χ4n) is 4.24. The minimum absolute atomic E-state index is 0.153. The van der Waals surface area contributed by atoms with E-state index in [0.29, 0.717) is 10.9 Å². The van der Waals surface area contributed by atoms with Gasteiger partial charge in [0.2, 0.25) is 0 Å². The van der Waals surface area contributed by atoms with Crippen molar-refractivity contribution in [3.63, 3.8) is 0 Å². The first-order valence-electron chi connectivity index (χ1n) is 10.7. The van der Waals surface area contributed by atoms with E-state index in [-0.39, 0.29) is 17.1 Å². The number of rotatable bonds is 5. The van der Waals surface area contributed by atoms with Crippen molar-refractivity contribution in [1.82, 2.24) is 13.8 Å². The van der Waals surface area contributed by atoms with Gasteiger partial charge in [-0.25, -0.2) is 4.39 Å². The maximum Gasteiger partial charge on any atom is 0.283 e. The van der Waals surface area contributed by atoms with Gasteiger partial charge in [0, 0.05) is 34.0 Å². The molecule has 5 rings (SSSR count). The molecule has 5 aromatic rings. The molecule has 0 N–H and O–H groups in total. The van der Waals surface area contributed by atoms with Crippen LogP contribution in [-0.2, 0) is 15.4 Å². The zero-order valence-electron chi connectivity index (χ0n) is 18.6. The highest BCUT2D eigenvalue weighted by Gasteiger charge is 2.28. The molecule has 0 saturated carbocycles. The summed E-state index contributed by atoms with van der Waals surface area (Å²) in [6.07, 6.45) is 1.80. The number of halogens is 1. The molecule has 0 saturated heterocycles. The van der Waals surface area contributed by atoms with Crippen LogP contribution in [0.2, 0.25) is 0 Å². The third-order valence-electron chi connectivity index (χ3n) is 6.03. The highest BCUT2D eigenvalue weighted by molar-refractivity contribution is 7.90. The first-order chi connectivity index (χ1) is 16.2. The maximum atomic E-state index is 13.6. The second-order valence-electron chi connectivity index (χ2n) is 8.84. The Bertz CT molecular complexity index is 1680. The number of hydrogen-bond acceptors (Lipinski definition) is 4. The summed E-state index contributed by atoms with van der Waals surface area (Å²) in [5.74, 6) is -0.340. The number of nitrogens with zero attached hydrogens (tertiary/aromatic N) is 4. The van der Waals surface area contributed by atoms with Gasteiger partial charge in [0.25, 0.3) is 10.0 Å². The average Bonchev–Trinajstić information content (AvgIpc) is 3.40. The molecule has 6 nitrogen and oxygen atoms in total. The SMILES string of the molecule is CC(C)(CC#N)c1cc2cc3c(cnn3S(=O)(=O)c3ccccc3)cc2n1-c1ccc(F)cc1. The minimum Gasteiger partial charge on any atom is -0.313 e. The summed E-state index contributed by atoms with van der Waals surface area (Å²) < 4.78 is 43.2. The van der Waals surface area contributed by atoms with Crippen LogP contribution < -0.4 is 0 Å². The third-order valence-corrected chi connectivity index (χ3v) is 7.64. The van der Waals surface area contributed by atoms with E-state index in [4.69, 9.17) is 0 Å². The predicted octanol–water partition coefficient (Wildman–Crippen LogP) is 5.55. The lowest BCUT2D eigenvalue weighted by atomic mass is 9.86. The molecule has 0 spiro atoms. The van der Waals surface area contributed by atoms with Crippen molar-refractivity contribution in [2.24, 2.45) is 0 Å². The Hall–Kier alpha value is -3.96. The Balaban J connectivity index is 1.79. The molecule has 0 bridgehead atoms. The van der Waals surface area contributed by atoms with Crippen molar-refractivity contribution in [1.29, 1.82) is 5.26 Å². The van der Waals surface area contributed by atoms with Crippen LogP contribution >= 0.6 is 0 Å². The van der Waals surface area contributed by atoms with Gasteiger partial charge in [-0.1, -0.05) is 32.0 Å². The molecule has 0 aliphatic heterocycles. The zero-order valence-corrected chi connectivity index (χ0v) is 19.4.